The number of thioether (sulfide) groups is 1. The molecule has 15 heavy (non-hydrogen) atoms. The number of esters is 1. The van der Waals surface area contributed by atoms with E-state index in [4.69, 9.17) is 11.1 Å². The molecule has 1 aromatic rings. The van der Waals surface area contributed by atoms with Crippen molar-refractivity contribution in [2.75, 3.05) is 7.11 Å². The van der Waals surface area contributed by atoms with E-state index in [-0.39, 0.29) is 11.1 Å². The minimum Gasteiger partial charge on any atom is -0.465 e. The smallest absolute Gasteiger partial charge is 0.338 e. The average molecular weight is 224 g/mol. The number of nitrogens with two attached hydrogens (primary N) is 1. The Labute approximate surface area is 92.3 Å². The molecule has 0 unspecified atom stereocenters. The van der Waals surface area contributed by atoms with E-state index >= 15 is 0 Å². The van der Waals surface area contributed by atoms with Crippen molar-refractivity contribution < 1.29 is 9.53 Å². The van der Waals surface area contributed by atoms with Crippen LogP contribution in [0.2, 0.25) is 0 Å². The van der Waals surface area contributed by atoms with E-state index in [9.17, 15) is 4.79 Å². The van der Waals surface area contributed by atoms with Gasteiger partial charge in [0.25, 0.3) is 0 Å². The number of amidine groups is 1. The van der Waals surface area contributed by atoms with Crippen LogP contribution >= 0.6 is 11.8 Å². The maximum Gasteiger partial charge on any atom is 0.338 e. The Morgan fingerprint density at radius 3 is 2.80 bits per heavy atom. The zero-order valence-corrected chi connectivity index (χ0v) is 9.14. The van der Waals surface area contributed by atoms with Crippen LogP contribution in [-0.4, -0.2) is 18.2 Å². The van der Waals surface area contributed by atoms with E-state index in [0.717, 1.165) is 5.56 Å². The van der Waals surface area contributed by atoms with Crippen LogP contribution in [0.4, 0.5) is 0 Å². The second-order valence-electron chi connectivity index (χ2n) is 2.80. The number of rotatable bonds is 3. The van der Waals surface area contributed by atoms with Crippen LogP contribution in [0.3, 0.4) is 0 Å². The molecule has 1 aromatic carbocycles. The maximum atomic E-state index is 11.4. The number of nitrogens with one attached hydrogen (secondary N) is 1. The van der Waals surface area contributed by atoms with Crippen molar-refractivity contribution in [3.63, 3.8) is 0 Å². The van der Waals surface area contributed by atoms with Crippen molar-refractivity contribution in [3.05, 3.63) is 35.4 Å². The minimum absolute atomic E-state index is 0.0367. The third-order valence-corrected chi connectivity index (χ3v) is 2.57. The lowest BCUT2D eigenvalue weighted by Gasteiger charge is -2.06. The van der Waals surface area contributed by atoms with Gasteiger partial charge >= 0.3 is 5.97 Å². The van der Waals surface area contributed by atoms with Gasteiger partial charge in [0.05, 0.1) is 12.7 Å². The van der Waals surface area contributed by atoms with Gasteiger partial charge in [-0.05, 0) is 11.6 Å². The molecular formula is C10H12N2O2S. The van der Waals surface area contributed by atoms with Gasteiger partial charge in [0.1, 0.15) is 0 Å². The molecule has 1 rings (SSSR count). The molecule has 0 saturated carbocycles. The minimum atomic E-state index is -0.366. The first kappa shape index (κ1) is 11.6. The highest BCUT2D eigenvalue weighted by Gasteiger charge is 2.10. The first-order valence-electron chi connectivity index (χ1n) is 4.28. The first-order chi connectivity index (χ1) is 7.15. The van der Waals surface area contributed by atoms with Gasteiger partial charge in [0, 0.05) is 5.75 Å². The number of hydrogen-bond acceptors (Lipinski definition) is 4. The zero-order chi connectivity index (χ0) is 11.3. The van der Waals surface area contributed by atoms with Gasteiger partial charge < -0.3 is 10.5 Å². The summed E-state index contributed by atoms with van der Waals surface area (Å²) in [6.07, 6.45) is 0. The van der Waals surface area contributed by atoms with Crippen LogP contribution in [0.15, 0.2) is 24.3 Å². The summed E-state index contributed by atoms with van der Waals surface area (Å²) in [6, 6.07) is 7.13. The molecule has 0 amide bonds. The first-order valence-corrected chi connectivity index (χ1v) is 5.26. The summed E-state index contributed by atoms with van der Waals surface area (Å²) < 4.78 is 4.65. The molecule has 0 atom stereocenters. The van der Waals surface area contributed by atoms with Gasteiger partial charge in [0.15, 0.2) is 5.17 Å². The number of carbonyl (C=O) groups excluding carboxylic acids is 1. The van der Waals surface area contributed by atoms with E-state index in [0.29, 0.717) is 11.3 Å². The van der Waals surface area contributed by atoms with Crippen molar-refractivity contribution in [1.29, 1.82) is 5.41 Å². The molecule has 0 aliphatic carbocycles. The third-order valence-electron chi connectivity index (χ3n) is 1.81. The number of carbonyl (C=O) groups is 1. The largest absolute Gasteiger partial charge is 0.465 e. The van der Waals surface area contributed by atoms with Crippen molar-refractivity contribution in [2.45, 2.75) is 5.75 Å². The Morgan fingerprint density at radius 1 is 1.53 bits per heavy atom. The summed E-state index contributed by atoms with van der Waals surface area (Å²) >= 11 is 1.18. The van der Waals surface area contributed by atoms with Crippen molar-refractivity contribution >= 4 is 22.9 Å². The van der Waals surface area contributed by atoms with Crippen molar-refractivity contribution in [3.8, 4) is 0 Å². The van der Waals surface area contributed by atoms with E-state index in [1.807, 2.05) is 12.1 Å². The van der Waals surface area contributed by atoms with Crippen LogP contribution in [0.5, 0.6) is 0 Å². The molecule has 4 nitrogen and oxygen atoms in total. The highest BCUT2D eigenvalue weighted by atomic mass is 32.2. The zero-order valence-electron chi connectivity index (χ0n) is 8.32. The Balaban J connectivity index is 2.86. The van der Waals surface area contributed by atoms with Crippen molar-refractivity contribution in [2.24, 2.45) is 5.73 Å². The third kappa shape index (κ3) is 3.28. The highest BCUT2D eigenvalue weighted by Crippen LogP contribution is 2.16. The standard InChI is InChI=1S/C10H12N2O2S/c1-14-9(13)8-5-3-2-4-7(8)6-15-10(11)12/h2-5H,6H2,1H3,(H3,11,12). The van der Waals surface area contributed by atoms with Gasteiger partial charge in [-0.3, -0.25) is 5.41 Å². The number of benzene rings is 1. The maximum absolute atomic E-state index is 11.4. The quantitative estimate of drug-likeness (QED) is 0.464. The van der Waals surface area contributed by atoms with Crippen LogP contribution in [-0.2, 0) is 10.5 Å². The lowest BCUT2D eigenvalue weighted by molar-refractivity contribution is 0.0600. The topological polar surface area (TPSA) is 76.2 Å². The Morgan fingerprint density at radius 2 is 2.20 bits per heavy atom. The van der Waals surface area contributed by atoms with Gasteiger partial charge in [-0.2, -0.15) is 0 Å². The fourth-order valence-corrected chi connectivity index (χ4v) is 1.67. The fraction of sp³-hybridized carbons (Fsp3) is 0.200. The molecule has 80 valence electrons. The lowest BCUT2D eigenvalue weighted by atomic mass is 10.1. The SMILES string of the molecule is COC(=O)c1ccccc1CSC(=N)N. The summed E-state index contributed by atoms with van der Waals surface area (Å²) in [5, 5.41) is 7.13. The predicted octanol–water partition coefficient (Wildman–Crippen LogP) is 1.60. The molecule has 0 spiro atoms. The van der Waals surface area contributed by atoms with Gasteiger partial charge in [0.2, 0.25) is 0 Å². The predicted molar refractivity (Wildman–Crippen MR) is 61.0 cm³/mol. The van der Waals surface area contributed by atoms with Crippen molar-refractivity contribution in [1.82, 2.24) is 0 Å². The van der Waals surface area contributed by atoms with Gasteiger partial charge in [-0.15, -0.1) is 0 Å². The number of ether oxygens (including phenoxy) is 1. The Hall–Kier alpha value is -1.49. The molecule has 0 aliphatic rings. The molecule has 3 N–H and O–H groups in total. The summed E-state index contributed by atoms with van der Waals surface area (Å²) in [7, 11) is 1.34. The summed E-state index contributed by atoms with van der Waals surface area (Å²) in [6.45, 7) is 0. The lowest BCUT2D eigenvalue weighted by Crippen LogP contribution is -2.07. The second-order valence-corrected chi connectivity index (χ2v) is 3.82. The Bertz CT molecular complexity index is 379. The van der Waals surface area contributed by atoms with E-state index in [1.54, 1.807) is 12.1 Å². The second kappa shape index (κ2) is 5.41. The fourth-order valence-electron chi connectivity index (χ4n) is 1.11. The normalized spacial score (nSPS) is 9.67. The molecule has 0 radical (unpaired) electrons. The Kier molecular flexibility index (Phi) is 4.17. The van der Waals surface area contributed by atoms with Crippen LogP contribution < -0.4 is 5.73 Å². The highest BCUT2D eigenvalue weighted by molar-refractivity contribution is 8.13. The van der Waals surface area contributed by atoms with Crippen LogP contribution in [0.1, 0.15) is 15.9 Å². The monoisotopic (exact) mass is 224 g/mol. The molecular weight excluding hydrogens is 212 g/mol. The number of methoxy groups -OCH3 is 1. The molecule has 0 aromatic heterocycles. The average Bonchev–Trinajstić information content (AvgIpc) is 2.25. The summed E-state index contributed by atoms with van der Waals surface area (Å²) in [5.74, 6) is 0.135. The van der Waals surface area contributed by atoms with Gasteiger partial charge in [-0.1, -0.05) is 30.0 Å². The van der Waals surface area contributed by atoms with Crippen LogP contribution in [0, 0.1) is 5.41 Å². The molecule has 0 bridgehead atoms. The summed E-state index contributed by atoms with van der Waals surface area (Å²) in [5.41, 5.74) is 6.57. The van der Waals surface area contributed by atoms with Crippen LogP contribution in [0.25, 0.3) is 0 Å². The molecule has 5 heteroatoms. The van der Waals surface area contributed by atoms with Gasteiger partial charge in [-0.25, -0.2) is 4.79 Å². The summed E-state index contributed by atoms with van der Waals surface area (Å²) in [4.78, 5) is 11.4. The molecule has 0 saturated heterocycles. The van der Waals surface area contributed by atoms with E-state index in [2.05, 4.69) is 4.74 Å². The van der Waals surface area contributed by atoms with E-state index < -0.39 is 0 Å². The number of hydrogen-bond donors (Lipinski definition) is 2. The molecule has 0 fully saturated rings. The molecule has 0 aliphatic heterocycles. The molecule has 0 heterocycles. The van der Waals surface area contributed by atoms with E-state index in [1.165, 1.54) is 18.9 Å².